The third-order valence-corrected chi connectivity index (χ3v) is 4.66. The summed E-state index contributed by atoms with van der Waals surface area (Å²) in [5.74, 6) is -0.586. The lowest BCUT2D eigenvalue weighted by molar-refractivity contribution is 0.104. The predicted octanol–water partition coefficient (Wildman–Crippen LogP) is 5.56. The van der Waals surface area contributed by atoms with Gasteiger partial charge in [-0.15, -0.1) is 0 Å². The highest BCUT2D eigenvalue weighted by molar-refractivity contribution is 7.17. The third kappa shape index (κ3) is 3.69. The predicted molar refractivity (Wildman–Crippen MR) is 91.7 cm³/mol. The molecule has 0 unspecified atom stereocenters. The van der Waals surface area contributed by atoms with Gasteiger partial charge < -0.3 is 5.32 Å². The largest absolute Gasteiger partial charge is 0.331 e. The molecule has 0 aliphatic carbocycles. The van der Waals surface area contributed by atoms with Crippen molar-refractivity contribution >= 4 is 51.1 Å². The number of anilines is 2. The van der Waals surface area contributed by atoms with Crippen LogP contribution in [0.1, 0.15) is 15.2 Å². The molecular weight excluding hydrogens is 358 g/mol. The van der Waals surface area contributed by atoms with Crippen molar-refractivity contribution < 1.29 is 9.18 Å². The summed E-state index contributed by atoms with van der Waals surface area (Å²) in [6, 6.07) is 10.5. The normalized spacial score (nSPS) is 10.6. The van der Waals surface area contributed by atoms with Crippen molar-refractivity contribution in [1.82, 2.24) is 4.98 Å². The molecule has 0 aliphatic heterocycles. The van der Waals surface area contributed by atoms with Gasteiger partial charge in [0.1, 0.15) is 5.82 Å². The fourth-order valence-electron chi connectivity index (χ4n) is 1.88. The van der Waals surface area contributed by atoms with E-state index in [9.17, 15) is 9.18 Å². The maximum Gasteiger partial charge on any atom is 0.204 e. The second-order valence-electron chi connectivity index (χ2n) is 4.62. The highest BCUT2D eigenvalue weighted by Gasteiger charge is 2.13. The van der Waals surface area contributed by atoms with Gasteiger partial charge in [-0.3, -0.25) is 4.79 Å². The van der Waals surface area contributed by atoms with E-state index in [4.69, 9.17) is 23.2 Å². The van der Waals surface area contributed by atoms with E-state index in [2.05, 4.69) is 10.3 Å². The molecule has 1 heterocycles. The number of ketones is 1. The monoisotopic (exact) mass is 366 g/mol. The number of hydrogen-bond donors (Lipinski definition) is 1. The van der Waals surface area contributed by atoms with E-state index < -0.39 is 0 Å². The fourth-order valence-corrected chi connectivity index (χ4v) is 2.97. The molecule has 0 fully saturated rings. The SMILES string of the molecule is O=C(c1ccc(F)cc1)c1cnc(Nc2ccc(Cl)c(Cl)c2)s1. The minimum absolute atomic E-state index is 0.204. The molecule has 0 radical (unpaired) electrons. The van der Waals surface area contributed by atoms with Crippen LogP contribution in [0.4, 0.5) is 15.2 Å². The lowest BCUT2D eigenvalue weighted by Gasteiger charge is -2.03. The standard InChI is InChI=1S/C16H9Cl2FN2OS/c17-12-6-5-11(7-13(12)18)21-16-20-8-14(23-16)15(22)9-1-3-10(19)4-2-9/h1-8H,(H,20,21). The Morgan fingerprint density at radius 1 is 1.09 bits per heavy atom. The maximum absolute atomic E-state index is 12.9. The van der Waals surface area contributed by atoms with Gasteiger partial charge in [0.2, 0.25) is 5.78 Å². The Morgan fingerprint density at radius 3 is 2.52 bits per heavy atom. The van der Waals surface area contributed by atoms with Gasteiger partial charge >= 0.3 is 0 Å². The first kappa shape index (κ1) is 15.9. The molecule has 1 aromatic heterocycles. The zero-order chi connectivity index (χ0) is 16.4. The Balaban J connectivity index is 1.78. The molecule has 0 saturated carbocycles. The summed E-state index contributed by atoms with van der Waals surface area (Å²) >= 11 is 13.0. The molecule has 3 nitrogen and oxygen atoms in total. The minimum Gasteiger partial charge on any atom is -0.331 e. The quantitative estimate of drug-likeness (QED) is 0.614. The van der Waals surface area contributed by atoms with Gasteiger partial charge in [-0.05, 0) is 42.5 Å². The molecule has 0 amide bonds. The smallest absolute Gasteiger partial charge is 0.204 e. The number of halogens is 3. The van der Waals surface area contributed by atoms with E-state index in [1.807, 2.05) is 0 Å². The van der Waals surface area contributed by atoms with Crippen LogP contribution in [0, 0.1) is 5.82 Å². The van der Waals surface area contributed by atoms with Crippen LogP contribution < -0.4 is 5.32 Å². The van der Waals surface area contributed by atoms with Crippen molar-refractivity contribution in [3.63, 3.8) is 0 Å². The van der Waals surface area contributed by atoms with Crippen molar-refractivity contribution in [2.45, 2.75) is 0 Å². The van der Waals surface area contributed by atoms with E-state index >= 15 is 0 Å². The first-order valence-electron chi connectivity index (χ1n) is 6.51. The van der Waals surface area contributed by atoms with Crippen molar-refractivity contribution in [2.75, 3.05) is 5.32 Å². The number of nitrogens with zero attached hydrogens (tertiary/aromatic N) is 1. The summed E-state index contributed by atoms with van der Waals surface area (Å²) in [4.78, 5) is 16.9. The van der Waals surface area contributed by atoms with Crippen LogP contribution >= 0.6 is 34.5 Å². The van der Waals surface area contributed by atoms with Crippen LogP contribution in [0.15, 0.2) is 48.7 Å². The van der Waals surface area contributed by atoms with Gasteiger partial charge in [-0.2, -0.15) is 0 Å². The van der Waals surface area contributed by atoms with Crippen LogP contribution in [0.3, 0.4) is 0 Å². The molecule has 0 aliphatic rings. The lowest BCUT2D eigenvalue weighted by Crippen LogP contribution is -1.98. The molecular formula is C16H9Cl2FN2OS. The van der Waals surface area contributed by atoms with Crippen molar-refractivity contribution in [3.05, 3.63) is 75.0 Å². The summed E-state index contributed by atoms with van der Waals surface area (Å²) < 4.78 is 12.9. The van der Waals surface area contributed by atoms with Crippen LogP contribution in [-0.2, 0) is 0 Å². The maximum atomic E-state index is 12.9. The molecule has 7 heteroatoms. The molecule has 116 valence electrons. The average Bonchev–Trinajstić information content (AvgIpc) is 2.99. The number of carbonyl (C=O) groups excluding carboxylic acids is 1. The number of aromatic nitrogens is 1. The number of benzene rings is 2. The topological polar surface area (TPSA) is 42.0 Å². The zero-order valence-corrected chi connectivity index (χ0v) is 13.8. The number of hydrogen-bond acceptors (Lipinski definition) is 4. The van der Waals surface area contributed by atoms with E-state index in [1.54, 1.807) is 18.2 Å². The third-order valence-electron chi connectivity index (χ3n) is 3.01. The Morgan fingerprint density at radius 2 is 1.83 bits per heavy atom. The summed E-state index contributed by atoms with van der Waals surface area (Å²) in [6.45, 7) is 0. The van der Waals surface area contributed by atoms with Gasteiger partial charge in [0, 0.05) is 11.3 Å². The van der Waals surface area contributed by atoms with Crippen LogP contribution in [0.2, 0.25) is 10.0 Å². The van der Waals surface area contributed by atoms with E-state index in [0.29, 0.717) is 25.6 Å². The van der Waals surface area contributed by atoms with E-state index in [0.717, 1.165) is 5.69 Å². The Labute approximate surface area is 145 Å². The molecule has 1 N–H and O–H groups in total. The Hall–Kier alpha value is -1.95. The molecule has 3 aromatic rings. The number of thiazole rings is 1. The van der Waals surface area contributed by atoms with Crippen LogP contribution in [0.5, 0.6) is 0 Å². The summed E-state index contributed by atoms with van der Waals surface area (Å²) in [7, 11) is 0. The summed E-state index contributed by atoms with van der Waals surface area (Å²) in [6.07, 6.45) is 1.48. The van der Waals surface area contributed by atoms with Gasteiger partial charge in [-0.25, -0.2) is 9.37 Å². The van der Waals surface area contributed by atoms with Crippen molar-refractivity contribution in [1.29, 1.82) is 0 Å². The van der Waals surface area contributed by atoms with Crippen LogP contribution in [-0.4, -0.2) is 10.8 Å². The van der Waals surface area contributed by atoms with E-state index in [1.165, 1.54) is 41.8 Å². The highest BCUT2D eigenvalue weighted by atomic mass is 35.5. The second-order valence-corrected chi connectivity index (χ2v) is 6.46. The molecule has 0 bridgehead atoms. The molecule has 3 rings (SSSR count). The first-order chi connectivity index (χ1) is 11.0. The summed E-state index contributed by atoms with van der Waals surface area (Å²) in [5.41, 5.74) is 1.13. The van der Waals surface area contributed by atoms with Crippen molar-refractivity contribution in [3.8, 4) is 0 Å². The number of rotatable bonds is 4. The molecule has 0 spiro atoms. The number of nitrogens with one attached hydrogen (secondary N) is 1. The lowest BCUT2D eigenvalue weighted by atomic mass is 10.1. The van der Waals surface area contributed by atoms with E-state index in [-0.39, 0.29) is 11.6 Å². The van der Waals surface area contributed by atoms with Gasteiger partial charge in [0.05, 0.1) is 21.1 Å². The highest BCUT2D eigenvalue weighted by Crippen LogP contribution is 2.29. The summed E-state index contributed by atoms with van der Waals surface area (Å²) in [5, 5.41) is 4.50. The molecule has 2 aromatic carbocycles. The molecule has 0 atom stereocenters. The molecule has 23 heavy (non-hydrogen) atoms. The van der Waals surface area contributed by atoms with Crippen LogP contribution in [0.25, 0.3) is 0 Å². The Bertz CT molecular complexity index is 865. The van der Waals surface area contributed by atoms with Gasteiger partial charge in [0.15, 0.2) is 5.13 Å². The van der Waals surface area contributed by atoms with Crippen molar-refractivity contribution in [2.24, 2.45) is 0 Å². The Kier molecular flexibility index (Phi) is 4.61. The van der Waals surface area contributed by atoms with Gasteiger partial charge in [0.25, 0.3) is 0 Å². The minimum atomic E-state index is -0.382. The van der Waals surface area contributed by atoms with Gasteiger partial charge in [-0.1, -0.05) is 34.5 Å². The zero-order valence-electron chi connectivity index (χ0n) is 11.5. The second kappa shape index (κ2) is 6.66. The number of carbonyl (C=O) groups is 1. The fraction of sp³-hybridized carbons (Fsp3) is 0. The first-order valence-corrected chi connectivity index (χ1v) is 8.08. The average molecular weight is 367 g/mol. The molecule has 0 saturated heterocycles.